The van der Waals surface area contributed by atoms with Crippen molar-refractivity contribution in [3.8, 4) is 0 Å². The third kappa shape index (κ3) is 4.86. The van der Waals surface area contributed by atoms with Gasteiger partial charge in [-0.2, -0.15) is 0 Å². The molecule has 1 rings (SSSR count). The summed E-state index contributed by atoms with van der Waals surface area (Å²) < 4.78 is 20.7. The smallest absolute Gasteiger partial charge is 0.128 e. The molecule has 0 amide bonds. The Bertz CT molecular complexity index is 386. The summed E-state index contributed by atoms with van der Waals surface area (Å²) in [5.41, 5.74) is 0.670. The van der Waals surface area contributed by atoms with Crippen LogP contribution in [0.25, 0.3) is 0 Å². The highest BCUT2D eigenvalue weighted by atomic mass is 79.9. The first kappa shape index (κ1) is 16.6. The summed E-state index contributed by atoms with van der Waals surface area (Å²) in [6, 6.07) is 4.95. The molecule has 2 unspecified atom stereocenters. The van der Waals surface area contributed by atoms with Crippen LogP contribution in [-0.2, 0) is 4.74 Å². The Hall–Kier alpha value is -0.450. The highest BCUT2D eigenvalue weighted by Gasteiger charge is 2.24. The summed E-state index contributed by atoms with van der Waals surface area (Å²) >= 11 is 3.41. The third-order valence-corrected chi connectivity index (χ3v) is 3.56. The number of ether oxygens (including phenoxy) is 1. The lowest BCUT2D eigenvalue weighted by Crippen LogP contribution is -2.34. The molecule has 0 aliphatic carbocycles. The Morgan fingerprint density at radius 3 is 2.63 bits per heavy atom. The second kappa shape index (κ2) is 8.67. The van der Waals surface area contributed by atoms with Gasteiger partial charge in [0.05, 0.1) is 12.1 Å². The minimum absolute atomic E-state index is 0.0136. The van der Waals surface area contributed by atoms with Gasteiger partial charge in [0.25, 0.3) is 0 Å². The molecule has 0 aliphatic heterocycles. The van der Waals surface area contributed by atoms with Gasteiger partial charge in [-0.25, -0.2) is 4.39 Å². The van der Waals surface area contributed by atoms with Crippen LogP contribution in [0.2, 0.25) is 0 Å². The van der Waals surface area contributed by atoms with E-state index in [1.807, 2.05) is 13.0 Å². The lowest BCUT2D eigenvalue weighted by atomic mass is 9.98. The predicted molar refractivity (Wildman–Crippen MR) is 80.8 cm³/mol. The van der Waals surface area contributed by atoms with Crippen molar-refractivity contribution in [1.82, 2.24) is 5.32 Å². The van der Waals surface area contributed by atoms with Crippen molar-refractivity contribution in [2.24, 2.45) is 0 Å². The van der Waals surface area contributed by atoms with Crippen molar-refractivity contribution in [3.05, 3.63) is 34.1 Å². The molecule has 1 aromatic rings. The second-order valence-corrected chi connectivity index (χ2v) is 5.42. The standard InChI is InChI=1S/C15H23BrFNO/c1-4-9-18-15(14(5-2)19-6-3)12-10-11(16)7-8-13(12)17/h7-8,10,14-15,18H,4-6,9H2,1-3H3. The SMILES string of the molecule is CCCNC(c1cc(Br)ccc1F)C(CC)OCC. The molecular formula is C15H23BrFNO. The first-order valence-corrected chi connectivity index (χ1v) is 7.73. The fourth-order valence-electron chi connectivity index (χ4n) is 2.16. The minimum atomic E-state index is -0.185. The Labute approximate surface area is 123 Å². The topological polar surface area (TPSA) is 21.3 Å². The van der Waals surface area contributed by atoms with Gasteiger partial charge in [-0.05, 0) is 44.5 Å². The lowest BCUT2D eigenvalue weighted by Gasteiger charge is -2.28. The van der Waals surface area contributed by atoms with Crippen LogP contribution in [0.3, 0.4) is 0 Å². The van der Waals surface area contributed by atoms with E-state index < -0.39 is 0 Å². The number of hydrogen-bond acceptors (Lipinski definition) is 2. The largest absolute Gasteiger partial charge is 0.377 e. The van der Waals surface area contributed by atoms with E-state index in [1.165, 1.54) is 6.07 Å². The van der Waals surface area contributed by atoms with Crippen LogP contribution in [0.15, 0.2) is 22.7 Å². The minimum Gasteiger partial charge on any atom is -0.377 e. The van der Waals surface area contributed by atoms with E-state index in [4.69, 9.17) is 4.74 Å². The van der Waals surface area contributed by atoms with Crippen LogP contribution in [0.1, 0.15) is 45.2 Å². The third-order valence-electron chi connectivity index (χ3n) is 3.06. The normalized spacial score (nSPS) is 14.4. The van der Waals surface area contributed by atoms with E-state index in [-0.39, 0.29) is 18.0 Å². The molecule has 2 nitrogen and oxygen atoms in total. The van der Waals surface area contributed by atoms with Crippen molar-refractivity contribution in [2.75, 3.05) is 13.2 Å². The van der Waals surface area contributed by atoms with Crippen LogP contribution in [0.5, 0.6) is 0 Å². The molecule has 0 aromatic heterocycles. The average molecular weight is 332 g/mol. The molecule has 0 spiro atoms. The Kier molecular flexibility index (Phi) is 7.57. The molecular weight excluding hydrogens is 309 g/mol. The zero-order valence-corrected chi connectivity index (χ0v) is 13.5. The summed E-state index contributed by atoms with van der Waals surface area (Å²) in [4.78, 5) is 0. The molecule has 19 heavy (non-hydrogen) atoms. The number of rotatable bonds is 8. The highest BCUT2D eigenvalue weighted by Crippen LogP contribution is 2.27. The quantitative estimate of drug-likeness (QED) is 0.760. The highest BCUT2D eigenvalue weighted by molar-refractivity contribution is 9.10. The molecule has 1 N–H and O–H groups in total. The van der Waals surface area contributed by atoms with Gasteiger partial charge in [0.15, 0.2) is 0 Å². The average Bonchev–Trinajstić information content (AvgIpc) is 2.41. The molecule has 0 aliphatic rings. The maximum atomic E-state index is 14.1. The van der Waals surface area contributed by atoms with Gasteiger partial charge < -0.3 is 10.1 Å². The number of nitrogens with one attached hydrogen (secondary N) is 1. The maximum absolute atomic E-state index is 14.1. The lowest BCUT2D eigenvalue weighted by molar-refractivity contribution is 0.0305. The van der Waals surface area contributed by atoms with Crippen molar-refractivity contribution in [3.63, 3.8) is 0 Å². The molecule has 108 valence electrons. The zero-order valence-electron chi connectivity index (χ0n) is 11.9. The van der Waals surface area contributed by atoms with Gasteiger partial charge in [-0.3, -0.25) is 0 Å². The molecule has 2 atom stereocenters. The first-order chi connectivity index (χ1) is 9.13. The van der Waals surface area contributed by atoms with E-state index in [2.05, 4.69) is 35.1 Å². The summed E-state index contributed by atoms with van der Waals surface area (Å²) in [6.45, 7) is 7.62. The number of benzene rings is 1. The molecule has 4 heteroatoms. The van der Waals surface area contributed by atoms with E-state index >= 15 is 0 Å². The van der Waals surface area contributed by atoms with Gasteiger partial charge in [0.2, 0.25) is 0 Å². The summed E-state index contributed by atoms with van der Waals surface area (Å²) in [6.07, 6.45) is 1.84. The Morgan fingerprint density at radius 2 is 2.05 bits per heavy atom. The van der Waals surface area contributed by atoms with E-state index in [9.17, 15) is 4.39 Å². The predicted octanol–water partition coefficient (Wildman–Crippen LogP) is 4.44. The molecule has 0 fully saturated rings. The van der Waals surface area contributed by atoms with Crippen LogP contribution >= 0.6 is 15.9 Å². The Morgan fingerprint density at radius 1 is 1.32 bits per heavy atom. The molecule has 0 heterocycles. The van der Waals surface area contributed by atoms with Gasteiger partial charge in [-0.15, -0.1) is 0 Å². The molecule has 0 radical (unpaired) electrons. The number of hydrogen-bond donors (Lipinski definition) is 1. The monoisotopic (exact) mass is 331 g/mol. The van der Waals surface area contributed by atoms with Gasteiger partial charge in [0, 0.05) is 16.6 Å². The van der Waals surface area contributed by atoms with Crippen molar-refractivity contribution in [1.29, 1.82) is 0 Å². The van der Waals surface area contributed by atoms with E-state index in [1.54, 1.807) is 6.07 Å². The van der Waals surface area contributed by atoms with Gasteiger partial charge >= 0.3 is 0 Å². The van der Waals surface area contributed by atoms with E-state index in [0.717, 1.165) is 23.9 Å². The number of halogens is 2. The summed E-state index contributed by atoms with van der Waals surface area (Å²) in [5, 5.41) is 3.40. The van der Waals surface area contributed by atoms with Gasteiger partial charge in [-0.1, -0.05) is 29.8 Å². The van der Waals surface area contributed by atoms with Crippen LogP contribution in [0, 0.1) is 5.82 Å². The van der Waals surface area contributed by atoms with Crippen molar-refractivity contribution < 1.29 is 9.13 Å². The zero-order chi connectivity index (χ0) is 14.3. The van der Waals surface area contributed by atoms with Crippen LogP contribution in [-0.4, -0.2) is 19.3 Å². The van der Waals surface area contributed by atoms with E-state index in [0.29, 0.717) is 12.2 Å². The molecule has 0 saturated carbocycles. The fraction of sp³-hybridized carbons (Fsp3) is 0.600. The fourth-order valence-corrected chi connectivity index (χ4v) is 2.54. The summed E-state index contributed by atoms with van der Waals surface area (Å²) in [7, 11) is 0. The van der Waals surface area contributed by atoms with Crippen LogP contribution in [0.4, 0.5) is 4.39 Å². The van der Waals surface area contributed by atoms with Gasteiger partial charge in [0.1, 0.15) is 5.82 Å². The molecule has 1 aromatic carbocycles. The maximum Gasteiger partial charge on any atom is 0.128 e. The van der Waals surface area contributed by atoms with Crippen molar-refractivity contribution in [2.45, 2.75) is 45.8 Å². The first-order valence-electron chi connectivity index (χ1n) is 6.93. The molecule has 0 bridgehead atoms. The molecule has 0 saturated heterocycles. The van der Waals surface area contributed by atoms with Crippen LogP contribution < -0.4 is 5.32 Å². The summed E-state index contributed by atoms with van der Waals surface area (Å²) in [5.74, 6) is -0.185. The van der Waals surface area contributed by atoms with Crippen molar-refractivity contribution >= 4 is 15.9 Å². The second-order valence-electron chi connectivity index (χ2n) is 4.50. The Balaban J connectivity index is 3.03.